The van der Waals surface area contributed by atoms with Crippen LogP contribution in [0.1, 0.15) is 25.0 Å². The maximum Gasteiger partial charge on any atom is 0.0944 e. The van der Waals surface area contributed by atoms with Gasteiger partial charge in [0.1, 0.15) is 0 Å². The van der Waals surface area contributed by atoms with E-state index in [2.05, 4.69) is 11.9 Å². The number of hydrogen-bond donors (Lipinski definition) is 0. The highest BCUT2D eigenvalue weighted by Gasteiger charge is 2.27. The Balaban J connectivity index is 2.27. The molecule has 0 fully saturated rings. The van der Waals surface area contributed by atoms with Crippen LogP contribution in [0.5, 0.6) is 0 Å². The molecule has 1 aromatic heterocycles. The Morgan fingerprint density at radius 1 is 1.11 bits per heavy atom. The molecule has 0 N–H and O–H groups in total. The second-order valence-corrected chi connectivity index (χ2v) is 5.14. The maximum absolute atomic E-state index is 5.99. The number of nitrogens with zero attached hydrogens (tertiary/aromatic N) is 1. The summed E-state index contributed by atoms with van der Waals surface area (Å²) in [6, 6.07) is 11.9. The van der Waals surface area contributed by atoms with Crippen LogP contribution < -0.4 is 0 Å². The van der Waals surface area contributed by atoms with Crippen LogP contribution in [0.25, 0.3) is 0 Å². The zero-order valence-electron chi connectivity index (χ0n) is 11.3. The van der Waals surface area contributed by atoms with Crippen LogP contribution in [-0.2, 0) is 16.8 Å². The normalized spacial score (nSPS) is 14.1. The second kappa shape index (κ2) is 6.18. The van der Waals surface area contributed by atoms with Crippen LogP contribution in [0.2, 0.25) is 5.02 Å². The van der Waals surface area contributed by atoms with Gasteiger partial charge in [0.05, 0.1) is 5.60 Å². The van der Waals surface area contributed by atoms with Crippen molar-refractivity contribution in [3.63, 3.8) is 0 Å². The Hall–Kier alpha value is -1.38. The van der Waals surface area contributed by atoms with Crippen molar-refractivity contribution >= 4 is 11.6 Å². The minimum absolute atomic E-state index is 0.342. The third kappa shape index (κ3) is 3.55. The van der Waals surface area contributed by atoms with E-state index in [1.807, 2.05) is 43.3 Å². The highest BCUT2D eigenvalue weighted by Crippen LogP contribution is 2.29. The molecule has 0 saturated carbocycles. The van der Waals surface area contributed by atoms with E-state index in [1.54, 1.807) is 12.4 Å². The number of rotatable bonds is 5. The SMILES string of the molecule is CCO[C@](C)(Cc1ccc(Cl)cc1)c1ccncc1. The summed E-state index contributed by atoms with van der Waals surface area (Å²) in [6.07, 6.45) is 4.41. The molecule has 3 heteroatoms. The molecule has 1 atom stereocenters. The third-order valence-corrected chi connectivity index (χ3v) is 3.46. The minimum atomic E-state index is -0.342. The molecule has 2 aromatic rings. The summed E-state index contributed by atoms with van der Waals surface area (Å²) in [4.78, 5) is 4.06. The first kappa shape index (κ1) is 14.0. The van der Waals surface area contributed by atoms with Gasteiger partial charge in [0.25, 0.3) is 0 Å². The smallest absolute Gasteiger partial charge is 0.0944 e. The second-order valence-electron chi connectivity index (χ2n) is 4.70. The molecule has 0 bridgehead atoms. The first-order valence-corrected chi connectivity index (χ1v) is 6.81. The van der Waals surface area contributed by atoms with Crippen molar-refractivity contribution in [3.05, 3.63) is 64.9 Å². The van der Waals surface area contributed by atoms with E-state index >= 15 is 0 Å². The van der Waals surface area contributed by atoms with E-state index in [-0.39, 0.29) is 5.60 Å². The van der Waals surface area contributed by atoms with Gasteiger partial charge in [-0.1, -0.05) is 23.7 Å². The Labute approximate surface area is 119 Å². The van der Waals surface area contributed by atoms with Crippen molar-refractivity contribution < 1.29 is 4.74 Å². The molecule has 2 nitrogen and oxygen atoms in total. The predicted octanol–water partition coefficient (Wildman–Crippen LogP) is 4.23. The molecule has 1 aromatic carbocycles. The molecule has 0 radical (unpaired) electrons. The molecule has 2 rings (SSSR count). The number of aromatic nitrogens is 1. The molecule has 0 saturated heterocycles. The standard InChI is InChI=1S/C16H18ClNO/c1-3-19-16(2,14-8-10-18-11-9-14)12-13-4-6-15(17)7-5-13/h4-11H,3,12H2,1-2H3/t16-/m1/s1. The molecule has 0 aliphatic rings. The van der Waals surface area contributed by atoms with E-state index in [0.717, 1.165) is 17.0 Å². The van der Waals surface area contributed by atoms with Crippen molar-refractivity contribution in [2.75, 3.05) is 6.61 Å². The van der Waals surface area contributed by atoms with Gasteiger partial charge < -0.3 is 4.74 Å². The summed E-state index contributed by atoms with van der Waals surface area (Å²) in [5.41, 5.74) is 2.00. The van der Waals surface area contributed by atoms with Crippen molar-refractivity contribution in [2.45, 2.75) is 25.9 Å². The number of pyridine rings is 1. The monoisotopic (exact) mass is 275 g/mol. The number of hydrogen-bond acceptors (Lipinski definition) is 2. The maximum atomic E-state index is 5.99. The lowest BCUT2D eigenvalue weighted by Gasteiger charge is -2.30. The van der Waals surface area contributed by atoms with Gasteiger partial charge >= 0.3 is 0 Å². The van der Waals surface area contributed by atoms with Gasteiger partial charge in [0.2, 0.25) is 0 Å². The van der Waals surface area contributed by atoms with Gasteiger partial charge in [-0.15, -0.1) is 0 Å². The zero-order valence-corrected chi connectivity index (χ0v) is 12.0. The number of benzene rings is 1. The average Bonchev–Trinajstić information content (AvgIpc) is 2.43. The van der Waals surface area contributed by atoms with E-state index < -0.39 is 0 Å². The Kier molecular flexibility index (Phi) is 4.56. The Morgan fingerprint density at radius 3 is 2.32 bits per heavy atom. The number of ether oxygens (including phenoxy) is 1. The zero-order chi connectivity index (χ0) is 13.7. The quantitative estimate of drug-likeness (QED) is 0.815. The molecule has 1 heterocycles. The molecule has 0 amide bonds. The van der Waals surface area contributed by atoms with Crippen molar-refractivity contribution in [1.29, 1.82) is 0 Å². The van der Waals surface area contributed by atoms with Crippen molar-refractivity contribution in [3.8, 4) is 0 Å². The molecule has 0 aliphatic heterocycles. The van der Waals surface area contributed by atoms with Crippen LogP contribution in [0.15, 0.2) is 48.8 Å². The van der Waals surface area contributed by atoms with Gasteiger partial charge in [-0.05, 0) is 49.2 Å². The van der Waals surface area contributed by atoms with Gasteiger partial charge in [-0.25, -0.2) is 0 Å². The fourth-order valence-electron chi connectivity index (χ4n) is 2.25. The number of halogens is 1. The van der Waals surface area contributed by atoms with Crippen LogP contribution in [0.3, 0.4) is 0 Å². The average molecular weight is 276 g/mol. The lowest BCUT2D eigenvalue weighted by Crippen LogP contribution is -2.28. The fourth-order valence-corrected chi connectivity index (χ4v) is 2.38. The fraction of sp³-hybridized carbons (Fsp3) is 0.312. The van der Waals surface area contributed by atoms with E-state index in [9.17, 15) is 0 Å². The highest BCUT2D eigenvalue weighted by atomic mass is 35.5. The summed E-state index contributed by atoms with van der Waals surface area (Å²) in [7, 11) is 0. The van der Waals surface area contributed by atoms with Crippen LogP contribution >= 0.6 is 11.6 Å². The first-order chi connectivity index (χ1) is 9.14. The van der Waals surface area contributed by atoms with Crippen LogP contribution in [0.4, 0.5) is 0 Å². The summed E-state index contributed by atoms with van der Waals surface area (Å²) in [5.74, 6) is 0. The first-order valence-electron chi connectivity index (χ1n) is 6.43. The highest BCUT2D eigenvalue weighted by molar-refractivity contribution is 6.30. The van der Waals surface area contributed by atoms with E-state index in [1.165, 1.54) is 5.56 Å². The molecule has 0 aliphatic carbocycles. The largest absolute Gasteiger partial charge is 0.371 e. The van der Waals surface area contributed by atoms with Gasteiger partial charge in [0.15, 0.2) is 0 Å². The minimum Gasteiger partial charge on any atom is -0.371 e. The summed E-state index contributed by atoms with van der Waals surface area (Å²) < 4.78 is 5.99. The van der Waals surface area contributed by atoms with E-state index in [4.69, 9.17) is 16.3 Å². The summed E-state index contributed by atoms with van der Waals surface area (Å²) >= 11 is 5.92. The van der Waals surface area contributed by atoms with Crippen molar-refractivity contribution in [2.24, 2.45) is 0 Å². The molecule has 0 spiro atoms. The third-order valence-electron chi connectivity index (χ3n) is 3.21. The Bertz CT molecular complexity index is 512. The lowest BCUT2D eigenvalue weighted by molar-refractivity contribution is -0.0292. The molecule has 0 unspecified atom stereocenters. The van der Waals surface area contributed by atoms with Gasteiger partial charge in [-0.3, -0.25) is 4.98 Å². The van der Waals surface area contributed by atoms with Gasteiger partial charge in [0, 0.05) is 30.4 Å². The lowest BCUT2D eigenvalue weighted by atomic mass is 9.89. The van der Waals surface area contributed by atoms with Gasteiger partial charge in [-0.2, -0.15) is 0 Å². The predicted molar refractivity (Wildman–Crippen MR) is 78.4 cm³/mol. The topological polar surface area (TPSA) is 22.1 Å². The summed E-state index contributed by atoms with van der Waals surface area (Å²) in [5, 5.41) is 0.755. The van der Waals surface area contributed by atoms with Crippen LogP contribution in [-0.4, -0.2) is 11.6 Å². The Morgan fingerprint density at radius 2 is 1.74 bits per heavy atom. The summed E-state index contributed by atoms with van der Waals surface area (Å²) in [6.45, 7) is 4.80. The molecule has 100 valence electrons. The van der Waals surface area contributed by atoms with Crippen LogP contribution in [0, 0.1) is 0 Å². The molecule has 19 heavy (non-hydrogen) atoms. The van der Waals surface area contributed by atoms with E-state index in [0.29, 0.717) is 6.61 Å². The molecular formula is C16H18ClNO. The van der Waals surface area contributed by atoms with Crippen molar-refractivity contribution in [1.82, 2.24) is 4.98 Å². The molecular weight excluding hydrogens is 258 g/mol.